The monoisotopic (exact) mass is 749 g/mol. The lowest BCUT2D eigenvalue weighted by Crippen LogP contribution is -2.11. The van der Waals surface area contributed by atoms with E-state index in [4.69, 9.17) is 0 Å². The zero-order chi connectivity index (χ0) is 39.1. The number of fused-ring (bicyclic) bond motifs is 4. The third-order valence-corrected chi connectivity index (χ3v) is 11.8. The summed E-state index contributed by atoms with van der Waals surface area (Å²) in [5.41, 5.74) is 13.1. The fraction of sp³-hybridized carbons (Fsp3) is 0. The van der Waals surface area contributed by atoms with Gasteiger partial charge < -0.3 is 4.90 Å². The minimum atomic E-state index is 1.10. The Bertz CT molecular complexity index is 3200. The summed E-state index contributed by atoms with van der Waals surface area (Å²) in [7, 11) is 0. The summed E-state index contributed by atoms with van der Waals surface area (Å²) in [4.78, 5) is 2.47. The first kappa shape index (κ1) is 34.5. The number of rotatable bonds is 7. The van der Waals surface area contributed by atoms with Gasteiger partial charge in [-0.1, -0.05) is 212 Å². The Balaban J connectivity index is 1.20. The first-order valence-corrected chi connectivity index (χ1v) is 20.3. The lowest BCUT2D eigenvalue weighted by atomic mass is 9.85. The first-order chi connectivity index (χ1) is 29.3. The molecule has 0 N–H and O–H groups in total. The van der Waals surface area contributed by atoms with E-state index in [1.54, 1.807) is 0 Å². The Kier molecular flexibility index (Phi) is 8.56. The second kappa shape index (κ2) is 14.6. The van der Waals surface area contributed by atoms with Gasteiger partial charge in [0.1, 0.15) is 0 Å². The highest BCUT2D eigenvalue weighted by Crippen LogP contribution is 2.48. The highest BCUT2D eigenvalue weighted by Gasteiger charge is 2.22. The predicted octanol–water partition coefficient (Wildman–Crippen LogP) is 16.4. The maximum atomic E-state index is 2.47. The summed E-state index contributed by atoms with van der Waals surface area (Å²) in [6.07, 6.45) is 0. The molecule has 0 atom stereocenters. The van der Waals surface area contributed by atoms with Crippen LogP contribution in [0, 0.1) is 0 Å². The van der Waals surface area contributed by atoms with E-state index in [9.17, 15) is 0 Å². The molecule has 1 heteroatoms. The van der Waals surface area contributed by atoms with Crippen LogP contribution in [0.25, 0.3) is 87.6 Å². The van der Waals surface area contributed by atoms with Gasteiger partial charge in [0.15, 0.2) is 0 Å². The van der Waals surface area contributed by atoms with E-state index in [1.807, 2.05) is 0 Å². The number of anilines is 3. The van der Waals surface area contributed by atoms with Crippen LogP contribution in [0.2, 0.25) is 0 Å². The molecule has 11 aromatic carbocycles. The van der Waals surface area contributed by atoms with Gasteiger partial charge in [0.2, 0.25) is 0 Å². The van der Waals surface area contributed by atoms with Crippen molar-refractivity contribution in [3.05, 3.63) is 237 Å². The number of hydrogen-bond acceptors (Lipinski definition) is 1. The van der Waals surface area contributed by atoms with Crippen molar-refractivity contribution in [3.8, 4) is 44.5 Å². The van der Waals surface area contributed by atoms with Crippen LogP contribution >= 0.6 is 0 Å². The molecular formula is C58H39N. The lowest BCUT2D eigenvalue weighted by molar-refractivity contribution is 1.32. The molecule has 0 amide bonds. The molecule has 0 saturated carbocycles. The zero-order valence-corrected chi connectivity index (χ0v) is 32.5. The molecule has 59 heavy (non-hydrogen) atoms. The van der Waals surface area contributed by atoms with Crippen LogP contribution < -0.4 is 4.90 Å². The summed E-state index contributed by atoms with van der Waals surface area (Å²) in [6.45, 7) is 0. The van der Waals surface area contributed by atoms with Crippen molar-refractivity contribution >= 4 is 60.2 Å². The molecule has 0 fully saturated rings. The van der Waals surface area contributed by atoms with Crippen molar-refractivity contribution in [1.29, 1.82) is 0 Å². The van der Waals surface area contributed by atoms with E-state index in [0.29, 0.717) is 0 Å². The Labute approximate surface area is 344 Å². The van der Waals surface area contributed by atoms with Crippen LogP contribution in [0.4, 0.5) is 17.1 Å². The van der Waals surface area contributed by atoms with Crippen LogP contribution in [-0.2, 0) is 0 Å². The smallest absolute Gasteiger partial charge is 0.0540 e. The van der Waals surface area contributed by atoms with Gasteiger partial charge in [-0.3, -0.25) is 0 Å². The minimum absolute atomic E-state index is 1.10. The summed E-state index contributed by atoms with van der Waals surface area (Å²) >= 11 is 0. The molecule has 0 heterocycles. The van der Waals surface area contributed by atoms with Gasteiger partial charge in [0, 0.05) is 16.5 Å². The lowest BCUT2D eigenvalue weighted by Gasteiger charge is -2.29. The SMILES string of the molecule is c1ccc(-c2ccc(-c3c4ccccc4c(-c4ccc(-c5ccccc5)cc4)c4cc(N(c5cccc6ccccc56)c5cccc6ccccc56)ccc34)cc2)cc1. The molecule has 0 aliphatic heterocycles. The summed E-state index contributed by atoms with van der Waals surface area (Å²) in [6, 6.07) is 86.4. The van der Waals surface area contributed by atoms with Gasteiger partial charge in [0.25, 0.3) is 0 Å². The number of hydrogen-bond donors (Lipinski definition) is 0. The molecule has 11 aromatic rings. The Morgan fingerprint density at radius 3 is 1.07 bits per heavy atom. The van der Waals surface area contributed by atoms with Crippen molar-refractivity contribution in [1.82, 2.24) is 0 Å². The maximum Gasteiger partial charge on any atom is 0.0540 e. The second-order valence-corrected chi connectivity index (χ2v) is 15.2. The highest BCUT2D eigenvalue weighted by atomic mass is 15.1. The number of benzene rings is 11. The Morgan fingerprint density at radius 1 is 0.220 bits per heavy atom. The largest absolute Gasteiger partial charge is 0.309 e. The first-order valence-electron chi connectivity index (χ1n) is 20.3. The van der Waals surface area contributed by atoms with Gasteiger partial charge >= 0.3 is 0 Å². The quantitative estimate of drug-likeness (QED) is 0.147. The van der Waals surface area contributed by atoms with E-state index in [0.717, 1.165) is 17.1 Å². The molecule has 0 spiro atoms. The average molecular weight is 750 g/mol. The van der Waals surface area contributed by atoms with E-state index in [1.165, 1.54) is 87.6 Å². The zero-order valence-electron chi connectivity index (χ0n) is 32.5. The molecule has 11 rings (SSSR count). The molecule has 0 saturated heterocycles. The molecule has 0 aliphatic rings. The fourth-order valence-corrected chi connectivity index (χ4v) is 9.06. The summed E-state index contributed by atoms with van der Waals surface area (Å²) in [5.74, 6) is 0. The third-order valence-electron chi connectivity index (χ3n) is 11.8. The Morgan fingerprint density at radius 2 is 0.576 bits per heavy atom. The standard InChI is InChI=1S/C58H39N/c1-3-15-40(16-4-1)42-29-33-46(34-30-42)57-51-25-11-12-26-52(51)58(47-35-31-43(32-36-47)41-17-5-2-6-18-41)54-39-48(37-38-53(54)57)59(55-27-13-21-44-19-7-9-23-49(44)55)56-28-14-22-45-20-8-10-24-50(45)56/h1-39H. The second-order valence-electron chi connectivity index (χ2n) is 15.2. The molecule has 0 aliphatic carbocycles. The van der Waals surface area contributed by atoms with E-state index < -0.39 is 0 Å². The van der Waals surface area contributed by atoms with E-state index in [-0.39, 0.29) is 0 Å². The number of nitrogens with zero attached hydrogens (tertiary/aromatic N) is 1. The van der Waals surface area contributed by atoms with Crippen molar-refractivity contribution in [2.75, 3.05) is 4.90 Å². The molecular weight excluding hydrogens is 711 g/mol. The van der Waals surface area contributed by atoms with Crippen LogP contribution in [0.5, 0.6) is 0 Å². The van der Waals surface area contributed by atoms with Crippen molar-refractivity contribution < 1.29 is 0 Å². The van der Waals surface area contributed by atoms with Gasteiger partial charge in [0.05, 0.1) is 11.4 Å². The van der Waals surface area contributed by atoms with Crippen LogP contribution in [-0.4, -0.2) is 0 Å². The van der Waals surface area contributed by atoms with Crippen LogP contribution in [0.3, 0.4) is 0 Å². The predicted molar refractivity (Wildman–Crippen MR) is 253 cm³/mol. The summed E-state index contributed by atoms with van der Waals surface area (Å²) in [5, 5.41) is 9.73. The molecule has 0 aromatic heterocycles. The van der Waals surface area contributed by atoms with Crippen molar-refractivity contribution in [3.63, 3.8) is 0 Å². The molecule has 0 unspecified atom stereocenters. The average Bonchev–Trinajstić information content (AvgIpc) is 3.32. The van der Waals surface area contributed by atoms with Gasteiger partial charge in [-0.2, -0.15) is 0 Å². The topological polar surface area (TPSA) is 3.24 Å². The van der Waals surface area contributed by atoms with Gasteiger partial charge in [-0.15, -0.1) is 0 Å². The van der Waals surface area contributed by atoms with Crippen LogP contribution in [0.1, 0.15) is 0 Å². The van der Waals surface area contributed by atoms with Crippen LogP contribution in [0.15, 0.2) is 237 Å². The molecule has 0 radical (unpaired) electrons. The minimum Gasteiger partial charge on any atom is -0.309 e. The summed E-state index contributed by atoms with van der Waals surface area (Å²) < 4.78 is 0. The molecule has 1 nitrogen and oxygen atoms in total. The maximum absolute atomic E-state index is 2.47. The highest BCUT2D eigenvalue weighted by molar-refractivity contribution is 6.22. The van der Waals surface area contributed by atoms with Crippen molar-refractivity contribution in [2.45, 2.75) is 0 Å². The molecule has 276 valence electrons. The van der Waals surface area contributed by atoms with Gasteiger partial charge in [-0.05, 0) is 101 Å². The molecule has 0 bridgehead atoms. The van der Waals surface area contributed by atoms with Gasteiger partial charge in [-0.25, -0.2) is 0 Å². The van der Waals surface area contributed by atoms with E-state index >= 15 is 0 Å². The fourth-order valence-electron chi connectivity index (χ4n) is 9.06. The normalized spacial score (nSPS) is 11.4. The Hall–Kier alpha value is -7.74. The van der Waals surface area contributed by atoms with E-state index in [2.05, 4.69) is 241 Å². The third kappa shape index (κ3) is 6.12. The van der Waals surface area contributed by atoms with Crippen molar-refractivity contribution in [2.24, 2.45) is 0 Å².